The maximum atomic E-state index is 13.5. The zero-order chi connectivity index (χ0) is 11.5. The molecule has 0 atom stereocenters. The fourth-order valence-electron chi connectivity index (χ4n) is 1.14. The quantitative estimate of drug-likeness (QED) is 0.819. The van der Waals surface area contributed by atoms with E-state index in [4.69, 9.17) is 16.3 Å². The number of halogens is 3. The lowest BCUT2D eigenvalue weighted by Crippen LogP contribution is -1.89. The van der Waals surface area contributed by atoms with Crippen molar-refractivity contribution >= 4 is 27.5 Å². The third kappa shape index (κ3) is 2.51. The van der Waals surface area contributed by atoms with Crippen LogP contribution in [0.25, 0.3) is 0 Å². The normalized spacial score (nSPS) is 10.2. The van der Waals surface area contributed by atoms with E-state index in [1.54, 1.807) is 18.3 Å². The second-order valence-electron chi connectivity index (χ2n) is 2.99. The van der Waals surface area contributed by atoms with E-state index in [-0.39, 0.29) is 10.8 Å². The van der Waals surface area contributed by atoms with Gasteiger partial charge in [-0.05, 0) is 34.1 Å². The van der Waals surface area contributed by atoms with Crippen LogP contribution in [0.2, 0.25) is 5.02 Å². The number of nitrogens with zero attached hydrogens (tertiary/aromatic N) is 1. The molecule has 1 aromatic carbocycles. The van der Waals surface area contributed by atoms with Gasteiger partial charge in [0.15, 0.2) is 11.6 Å². The summed E-state index contributed by atoms with van der Waals surface area (Å²) in [5, 5.41) is 0.0282. The maximum Gasteiger partial charge on any atom is 0.184 e. The highest BCUT2D eigenvalue weighted by atomic mass is 79.9. The Labute approximate surface area is 105 Å². The van der Waals surface area contributed by atoms with Gasteiger partial charge in [-0.1, -0.05) is 17.7 Å². The van der Waals surface area contributed by atoms with Crippen molar-refractivity contribution in [1.29, 1.82) is 0 Å². The number of pyridine rings is 1. The molecule has 0 bridgehead atoms. The molecule has 1 aromatic heterocycles. The Hall–Kier alpha value is -1.13. The predicted octanol–water partition coefficient (Wildman–Crippen LogP) is 4.43. The van der Waals surface area contributed by atoms with Gasteiger partial charge in [0.05, 0.1) is 11.2 Å². The summed E-state index contributed by atoms with van der Waals surface area (Å²) >= 11 is 8.88. The number of rotatable bonds is 2. The van der Waals surface area contributed by atoms with E-state index in [0.717, 1.165) is 4.47 Å². The summed E-state index contributed by atoms with van der Waals surface area (Å²) in [5.74, 6) is -0.0629. The van der Waals surface area contributed by atoms with Crippen LogP contribution in [0.5, 0.6) is 11.5 Å². The molecule has 16 heavy (non-hydrogen) atoms. The molecule has 0 saturated heterocycles. The van der Waals surface area contributed by atoms with Crippen LogP contribution >= 0.6 is 27.5 Å². The first-order chi connectivity index (χ1) is 7.66. The van der Waals surface area contributed by atoms with Crippen LogP contribution in [0.15, 0.2) is 41.1 Å². The fraction of sp³-hybridized carbons (Fsp3) is 0. The lowest BCUT2D eigenvalue weighted by Gasteiger charge is -2.06. The average molecular weight is 303 g/mol. The van der Waals surface area contributed by atoms with Gasteiger partial charge in [0.25, 0.3) is 0 Å². The van der Waals surface area contributed by atoms with Crippen molar-refractivity contribution in [1.82, 2.24) is 4.98 Å². The molecule has 0 fully saturated rings. The third-order valence-corrected chi connectivity index (χ3v) is 2.55. The predicted molar refractivity (Wildman–Crippen MR) is 63.4 cm³/mol. The molecule has 0 radical (unpaired) electrons. The Bertz CT molecular complexity index is 521. The van der Waals surface area contributed by atoms with Crippen molar-refractivity contribution in [2.45, 2.75) is 0 Å². The highest BCUT2D eigenvalue weighted by Crippen LogP contribution is 2.29. The summed E-state index contributed by atoms with van der Waals surface area (Å²) in [4.78, 5) is 3.91. The molecule has 2 nitrogen and oxygen atoms in total. The van der Waals surface area contributed by atoms with Crippen LogP contribution in [-0.4, -0.2) is 4.98 Å². The zero-order valence-electron chi connectivity index (χ0n) is 7.95. The third-order valence-electron chi connectivity index (χ3n) is 1.82. The summed E-state index contributed by atoms with van der Waals surface area (Å²) in [7, 11) is 0. The average Bonchev–Trinajstić information content (AvgIpc) is 2.25. The lowest BCUT2D eigenvalue weighted by atomic mass is 10.3. The van der Waals surface area contributed by atoms with E-state index in [9.17, 15) is 4.39 Å². The molecular weight excluding hydrogens is 296 g/mol. The van der Waals surface area contributed by atoms with Gasteiger partial charge < -0.3 is 4.74 Å². The molecule has 0 unspecified atom stereocenters. The van der Waals surface area contributed by atoms with Gasteiger partial charge in [0, 0.05) is 10.7 Å². The minimum absolute atomic E-state index is 0.0282. The molecule has 1 heterocycles. The summed E-state index contributed by atoms with van der Waals surface area (Å²) in [6, 6.07) is 6.27. The second kappa shape index (κ2) is 4.80. The van der Waals surface area contributed by atoms with Gasteiger partial charge in [0.2, 0.25) is 0 Å². The smallest absolute Gasteiger partial charge is 0.184 e. The van der Waals surface area contributed by atoms with Gasteiger partial charge in [-0.2, -0.15) is 0 Å². The Kier molecular flexibility index (Phi) is 3.41. The number of ether oxygens (including phenoxy) is 1. The summed E-state index contributed by atoms with van der Waals surface area (Å²) in [6.45, 7) is 0. The SMILES string of the molecule is Fc1c(Cl)cccc1Oc1cncc(Br)c1. The molecule has 5 heteroatoms. The van der Waals surface area contributed by atoms with Gasteiger partial charge in [-0.25, -0.2) is 4.39 Å². The lowest BCUT2D eigenvalue weighted by molar-refractivity contribution is 0.440. The van der Waals surface area contributed by atoms with E-state index < -0.39 is 5.82 Å². The minimum atomic E-state index is -0.579. The van der Waals surface area contributed by atoms with Gasteiger partial charge in [0.1, 0.15) is 5.75 Å². The first-order valence-corrected chi connectivity index (χ1v) is 5.56. The van der Waals surface area contributed by atoms with E-state index in [0.29, 0.717) is 5.75 Å². The van der Waals surface area contributed by atoms with Crippen LogP contribution in [0, 0.1) is 5.82 Å². The molecule has 82 valence electrons. The number of benzene rings is 1. The highest BCUT2D eigenvalue weighted by Gasteiger charge is 2.08. The fourth-order valence-corrected chi connectivity index (χ4v) is 1.65. The molecular formula is C11H6BrClFNO. The van der Waals surface area contributed by atoms with Gasteiger partial charge in [-0.3, -0.25) is 4.98 Å². The van der Waals surface area contributed by atoms with Gasteiger partial charge >= 0.3 is 0 Å². The standard InChI is InChI=1S/C11H6BrClFNO/c12-7-4-8(6-15-5-7)16-10-3-1-2-9(13)11(10)14/h1-6H. The van der Waals surface area contributed by atoms with Crippen LogP contribution in [-0.2, 0) is 0 Å². The number of aromatic nitrogens is 1. The Morgan fingerprint density at radius 2 is 2.12 bits per heavy atom. The second-order valence-corrected chi connectivity index (χ2v) is 4.32. The first-order valence-electron chi connectivity index (χ1n) is 4.39. The molecule has 0 spiro atoms. The Morgan fingerprint density at radius 1 is 1.31 bits per heavy atom. The van der Waals surface area contributed by atoms with E-state index in [1.807, 2.05) is 0 Å². The molecule has 2 aromatic rings. The van der Waals surface area contributed by atoms with Crippen molar-refractivity contribution in [3.05, 3.63) is 52.0 Å². The number of hydrogen-bond donors (Lipinski definition) is 0. The molecule has 2 rings (SSSR count). The number of hydrogen-bond acceptors (Lipinski definition) is 2. The Balaban J connectivity index is 2.31. The Morgan fingerprint density at radius 3 is 2.88 bits per heavy atom. The maximum absolute atomic E-state index is 13.5. The molecule has 0 aliphatic heterocycles. The van der Waals surface area contributed by atoms with E-state index in [1.165, 1.54) is 18.3 Å². The highest BCUT2D eigenvalue weighted by molar-refractivity contribution is 9.10. The summed E-state index contributed by atoms with van der Waals surface area (Å²) in [5.41, 5.74) is 0. The monoisotopic (exact) mass is 301 g/mol. The van der Waals surface area contributed by atoms with Crippen molar-refractivity contribution in [2.75, 3.05) is 0 Å². The van der Waals surface area contributed by atoms with Crippen molar-refractivity contribution in [3.63, 3.8) is 0 Å². The largest absolute Gasteiger partial charge is 0.453 e. The van der Waals surface area contributed by atoms with E-state index >= 15 is 0 Å². The van der Waals surface area contributed by atoms with Crippen molar-refractivity contribution in [3.8, 4) is 11.5 Å². The molecule has 0 aliphatic carbocycles. The van der Waals surface area contributed by atoms with Crippen LogP contribution in [0.1, 0.15) is 0 Å². The van der Waals surface area contributed by atoms with E-state index in [2.05, 4.69) is 20.9 Å². The first kappa shape index (κ1) is 11.4. The van der Waals surface area contributed by atoms with Crippen LogP contribution in [0.4, 0.5) is 4.39 Å². The van der Waals surface area contributed by atoms with Crippen molar-refractivity contribution in [2.24, 2.45) is 0 Å². The van der Waals surface area contributed by atoms with Crippen molar-refractivity contribution < 1.29 is 9.13 Å². The van der Waals surface area contributed by atoms with Crippen LogP contribution < -0.4 is 4.74 Å². The molecule has 0 N–H and O–H groups in total. The topological polar surface area (TPSA) is 22.1 Å². The molecule has 0 aliphatic rings. The molecule has 0 saturated carbocycles. The zero-order valence-corrected chi connectivity index (χ0v) is 10.3. The van der Waals surface area contributed by atoms with Crippen LogP contribution in [0.3, 0.4) is 0 Å². The summed E-state index contributed by atoms with van der Waals surface area (Å²) in [6.07, 6.45) is 3.10. The van der Waals surface area contributed by atoms with Gasteiger partial charge in [-0.15, -0.1) is 0 Å². The molecule has 0 amide bonds. The summed E-state index contributed by atoms with van der Waals surface area (Å²) < 4.78 is 19.6. The minimum Gasteiger partial charge on any atom is -0.453 e.